The summed E-state index contributed by atoms with van der Waals surface area (Å²) in [5, 5.41) is 0. The average molecular weight is 407 g/mol. The Labute approximate surface area is 155 Å². The number of hydrogen-bond donors (Lipinski definition) is 0. The largest absolute Gasteiger partial charge is 0.481 e. The quantitative estimate of drug-likeness (QED) is 0.695. The summed E-state index contributed by atoms with van der Waals surface area (Å²) in [6, 6.07) is 7.66. The summed E-state index contributed by atoms with van der Waals surface area (Å²) in [6.07, 6.45) is 0. The van der Waals surface area contributed by atoms with E-state index in [0.717, 1.165) is 32.5 Å². The van der Waals surface area contributed by atoms with Crippen LogP contribution in [0.5, 0.6) is 17.2 Å². The second-order valence-corrected chi connectivity index (χ2v) is 6.83. The first-order valence-corrected chi connectivity index (χ1v) is 8.67. The Morgan fingerprint density at radius 1 is 1.08 bits per heavy atom. The van der Waals surface area contributed by atoms with E-state index in [4.69, 9.17) is 18.9 Å². The number of esters is 1. The zero-order valence-electron chi connectivity index (χ0n) is 14.3. The molecule has 25 heavy (non-hydrogen) atoms. The van der Waals surface area contributed by atoms with Crippen molar-refractivity contribution in [1.82, 2.24) is 0 Å². The van der Waals surface area contributed by atoms with Gasteiger partial charge in [-0.2, -0.15) is 0 Å². The van der Waals surface area contributed by atoms with Crippen molar-refractivity contribution in [3.63, 3.8) is 0 Å². The van der Waals surface area contributed by atoms with Crippen molar-refractivity contribution < 1.29 is 23.7 Å². The van der Waals surface area contributed by atoms with Crippen molar-refractivity contribution in [2.75, 3.05) is 13.4 Å². The van der Waals surface area contributed by atoms with Gasteiger partial charge in [0.05, 0.1) is 0 Å². The van der Waals surface area contributed by atoms with Gasteiger partial charge < -0.3 is 18.9 Å². The molecule has 0 atom stereocenters. The molecule has 2 aromatic carbocycles. The molecule has 0 fully saturated rings. The maximum absolute atomic E-state index is 12.0. The first-order chi connectivity index (χ1) is 11.9. The second kappa shape index (κ2) is 7.35. The number of fused-ring (bicyclic) bond motifs is 1. The molecule has 1 aliphatic rings. The van der Waals surface area contributed by atoms with Crippen LogP contribution in [0.15, 0.2) is 28.7 Å². The van der Waals surface area contributed by atoms with Gasteiger partial charge in [0.1, 0.15) is 12.4 Å². The molecule has 5 nitrogen and oxygen atoms in total. The molecule has 0 saturated heterocycles. The van der Waals surface area contributed by atoms with Crippen LogP contribution in [0.2, 0.25) is 0 Å². The summed E-state index contributed by atoms with van der Waals surface area (Å²) in [5.74, 6) is 1.63. The second-order valence-electron chi connectivity index (χ2n) is 5.97. The third kappa shape index (κ3) is 4.07. The normalized spacial score (nSPS) is 12.2. The minimum atomic E-state index is -0.427. The summed E-state index contributed by atoms with van der Waals surface area (Å²) >= 11 is 3.44. The van der Waals surface area contributed by atoms with Gasteiger partial charge in [-0.1, -0.05) is 33.6 Å². The fourth-order valence-corrected chi connectivity index (χ4v) is 3.23. The number of carbonyl (C=O) groups excluding carboxylic acids is 1. The molecule has 132 valence electrons. The maximum atomic E-state index is 12.0. The summed E-state index contributed by atoms with van der Waals surface area (Å²) in [5.41, 5.74) is 3.98. The number of carbonyl (C=O) groups is 1. The summed E-state index contributed by atoms with van der Waals surface area (Å²) in [7, 11) is 0. The Morgan fingerprint density at radius 3 is 2.40 bits per heavy atom. The van der Waals surface area contributed by atoms with E-state index in [2.05, 4.69) is 15.9 Å². The molecule has 6 heteroatoms. The summed E-state index contributed by atoms with van der Waals surface area (Å²) in [4.78, 5) is 12.0. The molecular weight excluding hydrogens is 388 g/mol. The van der Waals surface area contributed by atoms with Gasteiger partial charge >= 0.3 is 5.97 Å². The molecule has 0 aliphatic carbocycles. The molecule has 1 aliphatic heterocycles. The van der Waals surface area contributed by atoms with Gasteiger partial charge in [0.15, 0.2) is 18.1 Å². The van der Waals surface area contributed by atoms with Crippen LogP contribution in [0.4, 0.5) is 0 Å². The highest BCUT2D eigenvalue weighted by Gasteiger charge is 2.17. The van der Waals surface area contributed by atoms with Gasteiger partial charge in [-0.3, -0.25) is 0 Å². The van der Waals surface area contributed by atoms with Crippen LogP contribution in [0, 0.1) is 20.8 Å². The summed E-state index contributed by atoms with van der Waals surface area (Å²) in [6.45, 7) is 6.16. The molecular formula is C19H19BrO5. The first kappa shape index (κ1) is 17.6. The van der Waals surface area contributed by atoms with Gasteiger partial charge in [-0.15, -0.1) is 0 Å². The average Bonchev–Trinajstić information content (AvgIpc) is 2.98. The lowest BCUT2D eigenvalue weighted by Crippen LogP contribution is -2.15. The van der Waals surface area contributed by atoms with Crippen LogP contribution in [0.1, 0.15) is 22.3 Å². The molecule has 0 unspecified atom stereocenters. The molecule has 0 radical (unpaired) electrons. The van der Waals surface area contributed by atoms with Gasteiger partial charge in [-0.25, -0.2) is 4.79 Å². The van der Waals surface area contributed by atoms with E-state index in [1.165, 1.54) is 0 Å². The Morgan fingerprint density at radius 2 is 1.72 bits per heavy atom. The predicted octanol–water partition coefficient (Wildman–Crippen LogP) is 4.23. The number of hydrogen-bond acceptors (Lipinski definition) is 5. The van der Waals surface area contributed by atoms with Crippen LogP contribution < -0.4 is 14.2 Å². The molecule has 3 rings (SSSR count). The van der Waals surface area contributed by atoms with Crippen LogP contribution in [0.25, 0.3) is 0 Å². The van der Waals surface area contributed by atoms with Gasteiger partial charge in [0.2, 0.25) is 6.79 Å². The lowest BCUT2D eigenvalue weighted by atomic mass is 10.1. The molecule has 0 N–H and O–H groups in total. The van der Waals surface area contributed by atoms with E-state index < -0.39 is 5.97 Å². The lowest BCUT2D eigenvalue weighted by molar-refractivity contribution is -0.147. The van der Waals surface area contributed by atoms with Gasteiger partial charge in [-0.05, 0) is 44.0 Å². The number of rotatable bonds is 5. The van der Waals surface area contributed by atoms with E-state index in [-0.39, 0.29) is 20.0 Å². The van der Waals surface area contributed by atoms with E-state index in [1.807, 2.05) is 32.9 Å². The highest BCUT2D eigenvalue weighted by molar-refractivity contribution is 9.10. The van der Waals surface area contributed by atoms with Crippen molar-refractivity contribution in [2.24, 2.45) is 0 Å². The number of benzene rings is 2. The number of aryl methyl sites for hydroxylation is 3. The molecule has 0 aromatic heterocycles. The fourth-order valence-electron chi connectivity index (χ4n) is 2.80. The maximum Gasteiger partial charge on any atom is 0.344 e. The van der Waals surface area contributed by atoms with Crippen molar-refractivity contribution in [3.8, 4) is 17.2 Å². The first-order valence-electron chi connectivity index (χ1n) is 7.88. The van der Waals surface area contributed by atoms with Crippen LogP contribution in [-0.4, -0.2) is 19.4 Å². The molecule has 0 spiro atoms. The molecule has 2 aromatic rings. The zero-order valence-corrected chi connectivity index (χ0v) is 15.9. The van der Waals surface area contributed by atoms with Crippen molar-refractivity contribution in [1.29, 1.82) is 0 Å². The molecule has 0 bridgehead atoms. The van der Waals surface area contributed by atoms with Gasteiger partial charge in [0.25, 0.3) is 0 Å². The minimum Gasteiger partial charge on any atom is -0.481 e. The molecule has 0 saturated carbocycles. The van der Waals surface area contributed by atoms with E-state index in [1.54, 1.807) is 12.1 Å². The Kier molecular flexibility index (Phi) is 5.18. The third-order valence-corrected chi connectivity index (χ3v) is 4.61. The Bertz CT molecular complexity index is 793. The zero-order chi connectivity index (χ0) is 18.0. The van der Waals surface area contributed by atoms with E-state index in [0.29, 0.717) is 11.5 Å². The van der Waals surface area contributed by atoms with Crippen LogP contribution in [-0.2, 0) is 16.1 Å². The van der Waals surface area contributed by atoms with Crippen molar-refractivity contribution >= 4 is 21.9 Å². The predicted molar refractivity (Wildman–Crippen MR) is 96.2 cm³/mol. The monoisotopic (exact) mass is 406 g/mol. The Hall–Kier alpha value is -2.21. The van der Waals surface area contributed by atoms with E-state index in [9.17, 15) is 4.79 Å². The van der Waals surface area contributed by atoms with Crippen LogP contribution >= 0.6 is 15.9 Å². The van der Waals surface area contributed by atoms with Gasteiger partial charge in [0, 0.05) is 10.0 Å². The molecule has 0 amide bonds. The molecule has 1 heterocycles. The number of ether oxygens (including phenoxy) is 4. The number of halogens is 1. The topological polar surface area (TPSA) is 54.0 Å². The van der Waals surface area contributed by atoms with Crippen molar-refractivity contribution in [2.45, 2.75) is 27.4 Å². The highest BCUT2D eigenvalue weighted by atomic mass is 79.9. The lowest BCUT2D eigenvalue weighted by Gasteiger charge is -2.13. The fraction of sp³-hybridized carbons (Fsp3) is 0.316. The standard InChI is InChI=1S/C19H19BrO5/c1-11-4-12(2)19(13(3)5-11)23-9-18(21)22-8-14-6-16-17(7-15(14)20)25-10-24-16/h4-7H,8-10H2,1-3H3. The van der Waals surface area contributed by atoms with Crippen LogP contribution in [0.3, 0.4) is 0 Å². The summed E-state index contributed by atoms with van der Waals surface area (Å²) < 4.78 is 22.4. The SMILES string of the molecule is Cc1cc(C)c(OCC(=O)OCc2cc3c(cc2Br)OCO3)c(C)c1. The van der Waals surface area contributed by atoms with Crippen molar-refractivity contribution in [3.05, 3.63) is 51.0 Å². The highest BCUT2D eigenvalue weighted by Crippen LogP contribution is 2.37. The third-order valence-electron chi connectivity index (χ3n) is 3.87. The Balaban J connectivity index is 1.57. The minimum absolute atomic E-state index is 0.130. The smallest absolute Gasteiger partial charge is 0.344 e. The van der Waals surface area contributed by atoms with E-state index >= 15 is 0 Å².